The average molecular weight is 264 g/mol. The normalized spacial score (nSPS) is 35.1. The zero-order chi connectivity index (χ0) is 10.9. The van der Waals surface area contributed by atoms with Crippen molar-refractivity contribution in [2.45, 2.75) is 32.9 Å². The Morgan fingerprint density at radius 1 is 1.50 bits per heavy atom. The van der Waals surface area contributed by atoms with Gasteiger partial charge in [-0.05, 0) is 12.8 Å². The number of carbonyl (C=O) groups is 1. The molecule has 0 saturated carbocycles. The van der Waals surface area contributed by atoms with Crippen molar-refractivity contribution in [1.82, 2.24) is 4.90 Å². The van der Waals surface area contributed by atoms with E-state index in [2.05, 4.69) is 22.9 Å². The SMILES string of the molecule is CC1C(=O)N(CC(O)CBr)C(C)C1C. The number of β-amino-alcohol motifs (C(OH)–C–C–N with tert-alkyl or cyclic N) is 1. The summed E-state index contributed by atoms with van der Waals surface area (Å²) in [5.41, 5.74) is 0. The molecule has 0 aromatic heterocycles. The van der Waals surface area contributed by atoms with Gasteiger partial charge in [0.05, 0.1) is 6.10 Å². The Balaban J connectivity index is 2.65. The van der Waals surface area contributed by atoms with Crippen LogP contribution >= 0.6 is 15.9 Å². The Bertz CT molecular complexity index is 222. The van der Waals surface area contributed by atoms with Crippen molar-refractivity contribution in [3.8, 4) is 0 Å². The molecule has 1 rings (SSSR count). The van der Waals surface area contributed by atoms with E-state index < -0.39 is 6.10 Å². The van der Waals surface area contributed by atoms with Crippen LogP contribution in [0.15, 0.2) is 0 Å². The highest BCUT2D eigenvalue weighted by Gasteiger charge is 2.40. The highest BCUT2D eigenvalue weighted by Crippen LogP contribution is 2.30. The topological polar surface area (TPSA) is 40.5 Å². The van der Waals surface area contributed by atoms with Crippen molar-refractivity contribution < 1.29 is 9.90 Å². The highest BCUT2D eigenvalue weighted by molar-refractivity contribution is 9.09. The molecule has 4 unspecified atom stereocenters. The van der Waals surface area contributed by atoms with Gasteiger partial charge in [0.2, 0.25) is 5.91 Å². The molecule has 14 heavy (non-hydrogen) atoms. The monoisotopic (exact) mass is 263 g/mol. The van der Waals surface area contributed by atoms with E-state index in [1.807, 2.05) is 13.8 Å². The first-order chi connectivity index (χ1) is 6.49. The maximum atomic E-state index is 11.8. The minimum atomic E-state index is -0.459. The zero-order valence-corrected chi connectivity index (χ0v) is 10.5. The number of alkyl halides is 1. The van der Waals surface area contributed by atoms with Crippen LogP contribution in [0.1, 0.15) is 20.8 Å². The molecule has 1 aliphatic rings. The number of halogens is 1. The van der Waals surface area contributed by atoms with Gasteiger partial charge in [0.25, 0.3) is 0 Å². The molecule has 0 bridgehead atoms. The van der Waals surface area contributed by atoms with Crippen LogP contribution in [0, 0.1) is 11.8 Å². The van der Waals surface area contributed by atoms with Crippen LogP contribution < -0.4 is 0 Å². The van der Waals surface area contributed by atoms with Gasteiger partial charge in [0.15, 0.2) is 0 Å². The number of aliphatic hydroxyl groups is 1. The van der Waals surface area contributed by atoms with E-state index in [0.717, 1.165) is 0 Å². The molecule has 4 atom stereocenters. The van der Waals surface area contributed by atoms with Crippen molar-refractivity contribution in [2.24, 2.45) is 11.8 Å². The minimum absolute atomic E-state index is 0.0903. The van der Waals surface area contributed by atoms with Crippen molar-refractivity contribution >= 4 is 21.8 Å². The summed E-state index contributed by atoms with van der Waals surface area (Å²) in [6.07, 6.45) is -0.459. The van der Waals surface area contributed by atoms with Crippen molar-refractivity contribution in [1.29, 1.82) is 0 Å². The van der Waals surface area contributed by atoms with E-state index in [1.54, 1.807) is 4.90 Å². The molecule has 0 spiro atoms. The second-order valence-corrected chi connectivity index (χ2v) is 4.83. The van der Waals surface area contributed by atoms with Crippen LogP contribution in [0.4, 0.5) is 0 Å². The Morgan fingerprint density at radius 2 is 2.07 bits per heavy atom. The summed E-state index contributed by atoms with van der Waals surface area (Å²) in [6.45, 7) is 6.55. The predicted molar refractivity (Wildman–Crippen MR) is 59.3 cm³/mol. The molecule has 0 aromatic carbocycles. The second kappa shape index (κ2) is 4.62. The summed E-state index contributed by atoms with van der Waals surface area (Å²) in [5, 5.41) is 10.0. The number of carbonyl (C=O) groups excluding carboxylic acids is 1. The maximum absolute atomic E-state index is 11.8. The summed E-state index contributed by atoms with van der Waals surface area (Å²) in [4.78, 5) is 13.6. The van der Waals surface area contributed by atoms with Crippen LogP contribution in [0.2, 0.25) is 0 Å². The van der Waals surface area contributed by atoms with Crippen LogP contribution in [0.25, 0.3) is 0 Å². The molecule has 3 nitrogen and oxygen atoms in total. The number of likely N-dealkylation sites (tertiary alicyclic amines) is 1. The molecule has 0 aromatic rings. The molecule has 0 radical (unpaired) electrons. The summed E-state index contributed by atoms with van der Waals surface area (Å²) in [5.74, 6) is 0.641. The smallest absolute Gasteiger partial charge is 0.226 e. The Labute approximate surface area is 93.6 Å². The predicted octanol–water partition coefficient (Wildman–Crippen LogP) is 1.25. The molecule has 1 amide bonds. The van der Waals surface area contributed by atoms with Gasteiger partial charge in [-0.2, -0.15) is 0 Å². The largest absolute Gasteiger partial charge is 0.390 e. The maximum Gasteiger partial charge on any atom is 0.226 e. The first-order valence-corrected chi connectivity index (χ1v) is 6.15. The highest BCUT2D eigenvalue weighted by atomic mass is 79.9. The lowest BCUT2D eigenvalue weighted by molar-refractivity contribution is -0.132. The first kappa shape index (κ1) is 12.0. The van der Waals surface area contributed by atoms with Crippen LogP contribution in [-0.2, 0) is 4.79 Å². The minimum Gasteiger partial charge on any atom is -0.390 e. The van der Waals surface area contributed by atoms with Gasteiger partial charge in [0.1, 0.15) is 0 Å². The molecule has 82 valence electrons. The number of amides is 1. The van der Waals surface area contributed by atoms with Gasteiger partial charge in [-0.3, -0.25) is 4.79 Å². The molecule has 1 N–H and O–H groups in total. The Morgan fingerprint density at radius 3 is 2.43 bits per heavy atom. The first-order valence-electron chi connectivity index (χ1n) is 5.03. The zero-order valence-electron chi connectivity index (χ0n) is 8.90. The number of aliphatic hydroxyl groups excluding tert-OH is 1. The van der Waals surface area contributed by atoms with Gasteiger partial charge < -0.3 is 10.0 Å². The summed E-state index contributed by atoms with van der Waals surface area (Å²) in [7, 11) is 0. The van der Waals surface area contributed by atoms with Crippen LogP contribution in [-0.4, -0.2) is 39.9 Å². The third-order valence-electron chi connectivity index (χ3n) is 3.30. The van der Waals surface area contributed by atoms with Gasteiger partial charge in [-0.25, -0.2) is 0 Å². The third kappa shape index (κ3) is 2.11. The lowest BCUT2D eigenvalue weighted by atomic mass is 9.95. The van der Waals surface area contributed by atoms with E-state index in [4.69, 9.17) is 0 Å². The van der Waals surface area contributed by atoms with Crippen molar-refractivity contribution in [2.75, 3.05) is 11.9 Å². The fourth-order valence-corrected chi connectivity index (χ4v) is 2.13. The second-order valence-electron chi connectivity index (χ2n) is 4.19. The molecular formula is C10H18BrNO2. The van der Waals surface area contributed by atoms with E-state index in [9.17, 15) is 9.90 Å². The molecule has 4 heteroatoms. The molecule has 1 fully saturated rings. The lowest BCUT2D eigenvalue weighted by Crippen LogP contribution is -2.39. The van der Waals surface area contributed by atoms with E-state index in [-0.39, 0.29) is 17.9 Å². The van der Waals surface area contributed by atoms with Gasteiger partial charge in [-0.15, -0.1) is 0 Å². The molecule has 1 heterocycles. The quantitative estimate of drug-likeness (QED) is 0.779. The van der Waals surface area contributed by atoms with Crippen molar-refractivity contribution in [3.63, 3.8) is 0 Å². The summed E-state index contributed by atoms with van der Waals surface area (Å²) < 4.78 is 0. The standard InChI is InChI=1S/C10H18BrNO2/c1-6-7(2)10(14)12(8(6)3)5-9(13)4-11/h6-9,13H,4-5H2,1-3H3. The lowest BCUT2D eigenvalue weighted by Gasteiger charge is -2.25. The Kier molecular flexibility index (Phi) is 3.95. The average Bonchev–Trinajstić information content (AvgIpc) is 2.35. The Hall–Kier alpha value is -0.0900. The molecular weight excluding hydrogens is 246 g/mol. The number of nitrogens with zero attached hydrogens (tertiary/aromatic N) is 1. The summed E-state index contributed by atoms with van der Waals surface area (Å²) >= 11 is 3.20. The van der Waals surface area contributed by atoms with Gasteiger partial charge in [-0.1, -0.05) is 29.8 Å². The number of hydrogen-bond donors (Lipinski definition) is 1. The van der Waals surface area contributed by atoms with Gasteiger partial charge >= 0.3 is 0 Å². The van der Waals surface area contributed by atoms with Crippen LogP contribution in [0.3, 0.4) is 0 Å². The molecule has 1 aliphatic heterocycles. The number of rotatable bonds is 3. The van der Waals surface area contributed by atoms with Gasteiger partial charge in [0, 0.05) is 23.8 Å². The van der Waals surface area contributed by atoms with E-state index >= 15 is 0 Å². The molecule has 0 aliphatic carbocycles. The van der Waals surface area contributed by atoms with E-state index in [0.29, 0.717) is 17.8 Å². The van der Waals surface area contributed by atoms with Crippen LogP contribution in [0.5, 0.6) is 0 Å². The van der Waals surface area contributed by atoms with E-state index in [1.165, 1.54) is 0 Å². The fraction of sp³-hybridized carbons (Fsp3) is 0.900. The summed E-state index contributed by atoms with van der Waals surface area (Å²) in [6, 6.07) is 0.242. The van der Waals surface area contributed by atoms with Crippen molar-refractivity contribution in [3.05, 3.63) is 0 Å². The molecule has 1 saturated heterocycles. The third-order valence-corrected chi connectivity index (χ3v) is 4.05. The number of hydrogen-bond acceptors (Lipinski definition) is 2. The fourth-order valence-electron chi connectivity index (χ4n) is 1.92.